The zero-order chi connectivity index (χ0) is 12.1. The molecule has 3 unspecified atom stereocenters. The first-order valence-corrected chi connectivity index (χ1v) is 6.59. The van der Waals surface area contributed by atoms with Gasteiger partial charge in [0.15, 0.2) is 0 Å². The maximum Gasteiger partial charge on any atom is 0.109 e. The average Bonchev–Trinajstić information content (AvgIpc) is 2.90. The minimum absolute atomic E-state index is 0.223. The van der Waals surface area contributed by atoms with Gasteiger partial charge in [-0.25, -0.2) is 0 Å². The molecule has 1 saturated carbocycles. The second-order valence-electron chi connectivity index (χ2n) is 5.16. The summed E-state index contributed by atoms with van der Waals surface area (Å²) in [7, 11) is 1.73. The quantitative estimate of drug-likeness (QED) is 0.808. The Bertz CT molecular complexity index is 284. The molecule has 0 aromatic heterocycles. The molecule has 0 radical (unpaired) electrons. The summed E-state index contributed by atoms with van der Waals surface area (Å²) < 4.78 is 11.0. The molecule has 0 aromatic rings. The normalized spacial score (nSPS) is 37.9. The van der Waals surface area contributed by atoms with Gasteiger partial charge in [-0.15, -0.1) is 0 Å². The van der Waals surface area contributed by atoms with E-state index in [0.29, 0.717) is 6.10 Å². The minimum atomic E-state index is -0.398. The van der Waals surface area contributed by atoms with Gasteiger partial charge in [0.1, 0.15) is 5.54 Å². The molecule has 1 saturated heterocycles. The number of nitrogens with one attached hydrogen (secondary N) is 1. The number of nitriles is 1. The summed E-state index contributed by atoms with van der Waals surface area (Å²) in [5.41, 5.74) is -0.398. The highest BCUT2D eigenvalue weighted by Gasteiger charge is 2.37. The zero-order valence-corrected chi connectivity index (χ0v) is 10.6. The maximum atomic E-state index is 9.42. The van der Waals surface area contributed by atoms with Crippen LogP contribution in [-0.2, 0) is 9.47 Å². The van der Waals surface area contributed by atoms with Crippen LogP contribution in [0.15, 0.2) is 0 Å². The first kappa shape index (κ1) is 12.8. The smallest absolute Gasteiger partial charge is 0.109 e. The van der Waals surface area contributed by atoms with Crippen molar-refractivity contribution in [3.8, 4) is 6.07 Å². The fraction of sp³-hybridized carbons (Fsp3) is 0.923. The van der Waals surface area contributed by atoms with Crippen molar-refractivity contribution in [1.82, 2.24) is 5.32 Å². The average molecular weight is 238 g/mol. The van der Waals surface area contributed by atoms with E-state index in [2.05, 4.69) is 11.4 Å². The van der Waals surface area contributed by atoms with Crippen LogP contribution in [0.1, 0.15) is 38.5 Å². The van der Waals surface area contributed by atoms with Crippen LogP contribution in [0.2, 0.25) is 0 Å². The van der Waals surface area contributed by atoms with E-state index in [-0.39, 0.29) is 6.10 Å². The summed E-state index contributed by atoms with van der Waals surface area (Å²) >= 11 is 0. The van der Waals surface area contributed by atoms with Gasteiger partial charge >= 0.3 is 0 Å². The van der Waals surface area contributed by atoms with E-state index in [0.717, 1.165) is 51.7 Å². The van der Waals surface area contributed by atoms with E-state index in [1.807, 2.05) is 0 Å². The van der Waals surface area contributed by atoms with Crippen LogP contribution in [-0.4, -0.2) is 38.0 Å². The number of hydrogen-bond donors (Lipinski definition) is 1. The van der Waals surface area contributed by atoms with Crippen LogP contribution in [0, 0.1) is 11.3 Å². The predicted octanol–water partition coefficient (Wildman–Crippen LogP) is 1.61. The Morgan fingerprint density at radius 1 is 1.47 bits per heavy atom. The maximum absolute atomic E-state index is 9.42. The van der Waals surface area contributed by atoms with Crippen molar-refractivity contribution in [3.63, 3.8) is 0 Å². The van der Waals surface area contributed by atoms with Gasteiger partial charge in [0.2, 0.25) is 0 Å². The molecule has 0 bridgehead atoms. The molecule has 1 aliphatic carbocycles. The Hall–Kier alpha value is -0.630. The third-order valence-electron chi connectivity index (χ3n) is 3.95. The predicted molar refractivity (Wildman–Crippen MR) is 64.6 cm³/mol. The first-order valence-electron chi connectivity index (χ1n) is 6.59. The van der Waals surface area contributed by atoms with Crippen LogP contribution in [0.25, 0.3) is 0 Å². The standard InChI is InChI=1S/C13H22N2O2/c1-16-11-4-2-6-13(8-11,10-14)15-9-12-5-3-7-17-12/h11-12,15H,2-9H2,1H3. The monoisotopic (exact) mass is 238 g/mol. The molecule has 2 aliphatic rings. The van der Waals surface area contributed by atoms with E-state index in [1.165, 1.54) is 0 Å². The summed E-state index contributed by atoms with van der Waals surface area (Å²) in [6.07, 6.45) is 6.63. The van der Waals surface area contributed by atoms with Crippen LogP contribution in [0.3, 0.4) is 0 Å². The van der Waals surface area contributed by atoms with Crippen molar-refractivity contribution in [1.29, 1.82) is 5.26 Å². The third-order valence-corrected chi connectivity index (χ3v) is 3.95. The van der Waals surface area contributed by atoms with Gasteiger partial charge in [0.25, 0.3) is 0 Å². The Kier molecular flexibility index (Phi) is 4.38. The van der Waals surface area contributed by atoms with Crippen molar-refractivity contribution in [3.05, 3.63) is 0 Å². The lowest BCUT2D eigenvalue weighted by Crippen LogP contribution is -2.51. The highest BCUT2D eigenvalue weighted by molar-refractivity contribution is 5.10. The highest BCUT2D eigenvalue weighted by atomic mass is 16.5. The van der Waals surface area contributed by atoms with Gasteiger partial charge in [0.05, 0.1) is 18.3 Å². The number of methoxy groups -OCH3 is 1. The summed E-state index contributed by atoms with van der Waals surface area (Å²) in [4.78, 5) is 0. The molecule has 96 valence electrons. The van der Waals surface area contributed by atoms with Crippen LogP contribution in [0.4, 0.5) is 0 Å². The molecule has 2 rings (SSSR count). The summed E-state index contributed by atoms with van der Waals surface area (Å²) in [5, 5.41) is 12.8. The number of ether oxygens (including phenoxy) is 2. The summed E-state index contributed by atoms with van der Waals surface area (Å²) in [6.45, 7) is 1.66. The van der Waals surface area contributed by atoms with Gasteiger partial charge < -0.3 is 9.47 Å². The van der Waals surface area contributed by atoms with Gasteiger partial charge in [-0.1, -0.05) is 0 Å². The molecule has 1 aliphatic heterocycles. The van der Waals surface area contributed by atoms with Gasteiger partial charge in [0, 0.05) is 26.7 Å². The van der Waals surface area contributed by atoms with Crippen molar-refractivity contribution in [2.24, 2.45) is 0 Å². The highest BCUT2D eigenvalue weighted by Crippen LogP contribution is 2.29. The molecule has 4 nitrogen and oxygen atoms in total. The third kappa shape index (κ3) is 3.19. The fourth-order valence-corrected chi connectivity index (χ4v) is 2.84. The Morgan fingerprint density at radius 3 is 3.00 bits per heavy atom. The van der Waals surface area contributed by atoms with E-state index in [1.54, 1.807) is 7.11 Å². The molecule has 3 atom stereocenters. The topological polar surface area (TPSA) is 54.3 Å². The van der Waals surface area contributed by atoms with E-state index < -0.39 is 5.54 Å². The SMILES string of the molecule is COC1CCCC(C#N)(NCC2CCCO2)C1. The number of hydrogen-bond acceptors (Lipinski definition) is 4. The molecule has 1 N–H and O–H groups in total. The largest absolute Gasteiger partial charge is 0.381 e. The van der Waals surface area contributed by atoms with E-state index in [4.69, 9.17) is 9.47 Å². The van der Waals surface area contributed by atoms with Crippen molar-refractivity contribution < 1.29 is 9.47 Å². The van der Waals surface area contributed by atoms with Crippen molar-refractivity contribution in [2.75, 3.05) is 20.3 Å². The van der Waals surface area contributed by atoms with E-state index in [9.17, 15) is 5.26 Å². The second-order valence-corrected chi connectivity index (χ2v) is 5.16. The molecule has 4 heteroatoms. The number of rotatable bonds is 4. The van der Waals surface area contributed by atoms with Crippen LogP contribution in [0.5, 0.6) is 0 Å². The Morgan fingerprint density at radius 2 is 2.35 bits per heavy atom. The number of nitrogens with zero attached hydrogens (tertiary/aromatic N) is 1. The molecule has 2 fully saturated rings. The summed E-state index contributed by atoms with van der Waals surface area (Å²) in [5.74, 6) is 0. The van der Waals surface area contributed by atoms with Crippen LogP contribution < -0.4 is 5.32 Å². The molecule has 0 spiro atoms. The lowest BCUT2D eigenvalue weighted by Gasteiger charge is -2.36. The molecular formula is C13H22N2O2. The molecule has 17 heavy (non-hydrogen) atoms. The van der Waals surface area contributed by atoms with E-state index >= 15 is 0 Å². The lowest BCUT2D eigenvalue weighted by molar-refractivity contribution is 0.0386. The Balaban J connectivity index is 1.87. The first-order chi connectivity index (χ1) is 8.28. The lowest BCUT2D eigenvalue weighted by atomic mass is 9.81. The zero-order valence-electron chi connectivity index (χ0n) is 10.6. The molecule has 1 heterocycles. The van der Waals surface area contributed by atoms with Gasteiger partial charge in [-0.3, -0.25) is 5.32 Å². The second kappa shape index (κ2) is 5.81. The summed E-state index contributed by atoms with van der Waals surface area (Å²) in [6, 6.07) is 2.46. The van der Waals surface area contributed by atoms with Crippen LogP contribution >= 0.6 is 0 Å². The van der Waals surface area contributed by atoms with Crippen molar-refractivity contribution in [2.45, 2.75) is 56.3 Å². The molecule has 0 aromatic carbocycles. The molecule has 0 amide bonds. The van der Waals surface area contributed by atoms with Crippen molar-refractivity contribution >= 4 is 0 Å². The Labute approximate surface area is 103 Å². The molecular weight excluding hydrogens is 216 g/mol. The van der Waals surface area contributed by atoms with Gasteiger partial charge in [-0.05, 0) is 32.1 Å². The van der Waals surface area contributed by atoms with Gasteiger partial charge in [-0.2, -0.15) is 5.26 Å². The minimum Gasteiger partial charge on any atom is -0.381 e. The fourth-order valence-electron chi connectivity index (χ4n) is 2.84.